The molecule has 16 heavy (non-hydrogen) atoms. The highest BCUT2D eigenvalue weighted by Gasteiger charge is 2.47. The zero-order valence-corrected chi connectivity index (χ0v) is 9.47. The van der Waals surface area contributed by atoms with Gasteiger partial charge in [-0.2, -0.15) is 13.2 Å². The van der Waals surface area contributed by atoms with Gasteiger partial charge in [-0.25, -0.2) is 0 Å². The molecule has 0 bridgehead atoms. The zero-order chi connectivity index (χ0) is 12.6. The number of hydrogen-bond acceptors (Lipinski definition) is 2. The minimum atomic E-state index is -4.37. The van der Waals surface area contributed by atoms with E-state index in [0.717, 1.165) is 17.7 Å². The van der Waals surface area contributed by atoms with Crippen LogP contribution in [0.25, 0.3) is 0 Å². The maximum absolute atomic E-state index is 12.2. The van der Waals surface area contributed by atoms with Gasteiger partial charge in [0.15, 0.2) is 0 Å². The number of carbonyl (C=O) groups is 1. The number of carbonyl (C=O) groups excluding carboxylic acids is 1. The molecule has 1 fully saturated rings. The van der Waals surface area contributed by atoms with Gasteiger partial charge in [-0.1, -0.05) is 0 Å². The normalized spacial score (nSPS) is 20.4. The quantitative estimate of drug-likeness (QED) is 0.807. The molecule has 0 aromatic heterocycles. The molecule has 0 spiro atoms. The van der Waals surface area contributed by atoms with Gasteiger partial charge in [0.2, 0.25) is 5.91 Å². The maximum atomic E-state index is 12.2. The minimum Gasteiger partial charge on any atom is -0.332 e. The number of rotatable bonds is 4. The van der Waals surface area contributed by atoms with Gasteiger partial charge in [0.05, 0.1) is 5.54 Å². The number of nitrogens with two attached hydrogens (primary N) is 1. The van der Waals surface area contributed by atoms with Crippen molar-refractivity contribution < 1.29 is 18.0 Å². The summed E-state index contributed by atoms with van der Waals surface area (Å²) in [5.41, 5.74) is 4.65. The number of hydrogen-bond donors (Lipinski definition) is 1. The van der Waals surface area contributed by atoms with Crippen LogP contribution in [-0.4, -0.2) is 35.6 Å². The van der Waals surface area contributed by atoms with E-state index in [0.29, 0.717) is 0 Å². The van der Waals surface area contributed by atoms with Crippen LogP contribution in [0.15, 0.2) is 0 Å². The van der Waals surface area contributed by atoms with Crippen molar-refractivity contribution in [1.29, 1.82) is 0 Å². The number of likely N-dealkylation sites (N-methyl/N-ethyl adjacent to an activating group) is 1. The average molecular weight is 238 g/mol. The second kappa shape index (κ2) is 4.24. The van der Waals surface area contributed by atoms with Crippen molar-refractivity contribution in [3.05, 3.63) is 0 Å². The predicted molar refractivity (Wildman–Crippen MR) is 53.6 cm³/mol. The first-order valence-electron chi connectivity index (χ1n) is 5.33. The number of halogens is 3. The van der Waals surface area contributed by atoms with Crippen LogP contribution in [-0.2, 0) is 4.79 Å². The lowest BCUT2D eigenvalue weighted by molar-refractivity contribution is -0.164. The molecule has 0 aromatic rings. The second-order valence-corrected chi connectivity index (χ2v) is 4.49. The molecule has 3 nitrogen and oxygen atoms in total. The van der Waals surface area contributed by atoms with Crippen LogP contribution in [0.4, 0.5) is 13.2 Å². The van der Waals surface area contributed by atoms with E-state index in [4.69, 9.17) is 5.73 Å². The van der Waals surface area contributed by atoms with Crippen LogP contribution in [0.1, 0.15) is 26.7 Å². The molecule has 1 atom stereocenters. The van der Waals surface area contributed by atoms with E-state index in [2.05, 4.69) is 0 Å². The van der Waals surface area contributed by atoms with Crippen LogP contribution in [0.5, 0.6) is 0 Å². The van der Waals surface area contributed by atoms with Crippen LogP contribution in [0.3, 0.4) is 0 Å². The smallest absolute Gasteiger partial charge is 0.332 e. The van der Waals surface area contributed by atoms with Crippen molar-refractivity contribution >= 4 is 5.91 Å². The fourth-order valence-corrected chi connectivity index (χ4v) is 1.74. The Morgan fingerprint density at radius 2 is 1.94 bits per heavy atom. The van der Waals surface area contributed by atoms with E-state index in [1.54, 1.807) is 0 Å². The van der Waals surface area contributed by atoms with Gasteiger partial charge in [0.25, 0.3) is 0 Å². The SMILES string of the molecule is CCN(CC(F)(F)F)C(=O)C(C)(N)C1CC1. The summed E-state index contributed by atoms with van der Waals surface area (Å²) in [6, 6.07) is 0. The molecule has 0 aromatic carbocycles. The molecule has 6 heteroatoms. The summed E-state index contributed by atoms with van der Waals surface area (Å²) in [6.07, 6.45) is -2.73. The summed E-state index contributed by atoms with van der Waals surface area (Å²) in [5.74, 6) is -0.572. The van der Waals surface area contributed by atoms with Crippen molar-refractivity contribution in [3.8, 4) is 0 Å². The highest BCUT2D eigenvalue weighted by Crippen LogP contribution is 2.39. The van der Waals surface area contributed by atoms with Gasteiger partial charge in [0, 0.05) is 6.54 Å². The molecule has 0 heterocycles. The lowest BCUT2D eigenvalue weighted by Gasteiger charge is -2.31. The van der Waals surface area contributed by atoms with Gasteiger partial charge < -0.3 is 10.6 Å². The number of alkyl halides is 3. The van der Waals surface area contributed by atoms with Crippen molar-refractivity contribution in [3.63, 3.8) is 0 Å². The van der Waals surface area contributed by atoms with E-state index < -0.39 is 24.2 Å². The molecule has 0 radical (unpaired) electrons. The molecule has 1 unspecified atom stereocenters. The Balaban J connectivity index is 2.69. The van der Waals surface area contributed by atoms with E-state index in [1.165, 1.54) is 13.8 Å². The predicted octanol–water partition coefficient (Wildman–Crippen LogP) is 1.52. The molecule has 1 amide bonds. The van der Waals surface area contributed by atoms with Crippen LogP contribution < -0.4 is 5.73 Å². The molecule has 2 N–H and O–H groups in total. The zero-order valence-electron chi connectivity index (χ0n) is 9.47. The molecule has 1 rings (SSSR count). The Bertz CT molecular complexity index is 272. The summed E-state index contributed by atoms with van der Waals surface area (Å²) in [7, 11) is 0. The monoisotopic (exact) mass is 238 g/mol. The van der Waals surface area contributed by atoms with Gasteiger partial charge in [-0.3, -0.25) is 4.79 Å². The molecular weight excluding hydrogens is 221 g/mol. The number of nitrogens with zero attached hydrogens (tertiary/aromatic N) is 1. The van der Waals surface area contributed by atoms with E-state index in [9.17, 15) is 18.0 Å². The Kier molecular flexibility index (Phi) is 3.52. The highest BCUT2D eigenvalue weighted by atomic mass is 19.4. The summed E-state index contributed by atoms with van der Waals surface area (Å²) in [6.45, 7) is 1.85. The summed E-state index contributed by atoms with van der Waals surface area (Å²) in [4.78, 5) is 12.6. The van der Waals surface area contributed by atoms with Crippen LogP contribution >= 0.6 is 0 Å². The first kappa shape index (κ1) is 13.3. The Hall–Kier alpha value is -0.780. The first-order chi connectivity index (χ1) is 7.18. The highest BCUT2D eigenvalue weighted by molar-refractivity contribution is 5.86. The second-order valence-electron chi connectivity index (χ2n) is 4.49. The third-order valence-corrected chi connectivity index (χ3v) is 2.93. The maximum Gasteiger partial charge on any atom is 0.406 e. The molecule has 1 saturated carbocycles. The topological polar surface area (TPSA) is 46.3 Å². The minimum absolute atomic E-state index is 0.0256. The van der Waals surface area contributed by atoms with Crippen molar-refractivity contribution in [2.45, 2.75) is 38.4 Å². The Labute approximate surface area is 92.8 Å². The molecule has 0 aliphatic heterocycles. The summed E-state index contributed by atoms with van der Waals surface area (Å²) < 4.78 is 36.7. The Morgan fingerprint density at radius 3 is 2.25 bits per heavy atom. The summed E-state index contributed by atoms with van der Waals surface area (Å²) >= 11 is 0. The first-order valence-corrected chi connectivity index (χ1v) is 5.33. The van der Waals surface area contributed by atoms with E-state index >= 15 is 0 Å². The molecule has 1 aliphatic rings. The fourth-order valence-electron chi connectivity index (χ4n) is 1.74. The summed E-state index contributed by atoms with van der Waals surface area (Å²) in [5, 5.41) is 0. The third-order valence-electron chi connectivity index (χ3n) is 2.93. The van der Waals surface area contributed by atoms with Gasteiger partial charge in [0.1, 0.15) is 6.54 Å². The lowest BCUT2D eigenvalue weighted by Crippen LogP contribution is -2.56. The molecule has 0 saturated heterocycles. The Morgan fingerprint density at radius 1 is 1.44 bits per heavy atom. The van der Waals surface area contributed by atoms with Crippen LogP contribution in [0, 0.1) is 5.92 Å². The lowest BCUT2D eigenvalue weighted by atomic mass is 9.95. The van der Waals surface area contributed by atoms with Crippen molar-refractivity contribution in [1.82, 2.24) is 4.90 Å². The van der Waals surface area contributed by atoms with Gasteiger partial charge in [-0.15, -0.1) is 0 Å². The van der Waals surface area contributed by atoms with E-state index in [1.807, 2.05) is 0 Å². The molecule has 1 aliphatic carbocycles. The third kappa shape index (κ3) is 3.10. The number of amides is 1. The molecular formula is C10H17F3N2O. The molecule has 94 valence electrons. The largest absolute Gasteiger partial charge is 0.406 e. The fraction of sp³-hybridized carbons (Fsp3) is 0.900. The van der Waals surface area contributed by atoms with Crippen molar-refractivity contribution in [2.75, 3.05) is 13.1 Å². The van der Waals surface area contributed by atoms with Crippen LogP contribution in [0.2, 0.25) is 0 Å². The van der Waals surface area contributed by atoms with E-state index in [-0.39, 0.29) is 12.5 Å². The van der Waals surface area contributed by atoms with Gasteiger partial charge in [-0.05, 0) is 32.6 Å². The average Bonchev–Trinajstić information content (AvgIpc) is 2.94. The van der Waals surface area contributed by atoms with Gasteiger partial charge >= 0.3 is 6.18 Å². The standard InChI is InChI=1S/C10H17F3N2O/c1-3-15(6-10(11,12)13)8(16)9(2,14)7-4-5-7/h7H,3-6,14H2,1-2H3. The van der Waals surface area contributed by atoms with Crippen molar-refractivity contribution in [2.24, 2.45) is 11.7 Å².